The van der Waals surface area contributed by atoms with E-state index in [-0.39, 0.29) is 6.10 Å². The van der Waals surface area contributed by atoms with Gasteiger partial charge in [-0.05, 0) is 87.9 Å². The molecular weight excluding hydrogens is 529 g/mol. The van der Waals surface area contributed by atoms with Crippen molar-refractivity contribution in [3.05, 3.63) is 71.8 Å². The van der Waals surface area contributed by atoms with Gasteiger partial charge in [-0.2, -0.15) is 13.2 Å². The number of rotatable bonds is 13. The molecule has 0 radical (unpaired) electrons. The molecule has 1 unspecified atom stereocenters. The molecule has 0 amide bonds. The highest BCUT2D eigenvalue weighted by Crippen LogP contribution is 2.32. The summed E-state index contributed by atoms with van der Waals surface area (Å²) in [6.45, 7) is 4.87. The fourth-order valence-electron chi connectivity index (χ4n) is 4.04. The molecule has 3 N–H and O–H groups in total. The van der Waals surface area contributed by atoms with Crippen LogP contribution >= 0.6 is 0 Å². The summed E-state index contributed by atoms with van der Waals surface area (Å²) in [4.78, 5) is 21.6. The normalized spacial score (nSPS) is 14.7. The molecule has 1 aliphatic heterocycles. The second-order valence-electron chi connectivity index (χ2n) is 9.20. The molecule has 0 aromatic heterocycles. The molecule has 1 aliphatic rings. The van der Waals surface area contributed by atoms with E-state index in [2.05, 4.69) is 10.2 Å². The Morgan fingerprint density at radius 3 is 2.05 bits per heavy atom. The quantitative estimate of drug-likeness (QED) is 0.219. The molecule has 8 nitrogen and oxygen atoms in total. The van der Waals surface area contributed by atoms with Gasteiger partial charge in [-0.3, -0.25) is 0 Å². The van der Waals surface area contributed by atoms with E-state index in [1.807, 2.05) is 31.3 Å². The zero-order chi connectivity index (χ0) is 29.4. The molecule has 0 aliphatic carbocycles. The van der Waals surface area contributed by atoms with Crippen molar-refractivity contribution >= 4 is 11.9 Å². The van der Waals surface area contributed by atoms with Crippen molar-refractivity contribution in [1.82, 2.24) is 10.2 Å². The summed E-state index contributed by atoms with van der Waals surface area (Å²) in [6.07, 6.45) is 2.12. The minimum atomic E-state index is -4.35. The molecule has 1 atom stereocenters. The first-order chi connectivity index (χ1) is 19.1. The van der Waals surface area contributed by atoms with E-state index < -0.39 is 23.7 Å². The zero-order valence-corrected chi connectivity index (χ0v) is 22.5. The summed E-state index contributed by atoms with van der Waals surface area (Å²) in [7, 11) is 1.86. The number of carboxylic acid groups (broad SMARTS) is 2. The molecular formula is C29H37F3N2O6. The number of likely N-dealkylation sites (tertiary alicyclic amines) is 1. The van der Waals surface area contributed by atoms with Crippen molar-refractivity contribution in [3.63, 3.8) is 0 Å². The van der Waals surface area contributed by atoms with Crippen LogP contribution in [0.1, 0.15) is 49.3 Å². The Bertz CT molecular complexity index is 1040. The van der Waals surface area contributed by atoms with Gasteiger partial charge in [0.2, 0.25) is 0 Å². The van der Waals surface area contributed by atoms with Gasteiger partial charge in [-0.15, -0.1) is 0 Å². The minimum Gasteiger partial charge on any atom is -0.494 e. The second-order valence-corrected chi connectivity index (χ2v) is 9.20. The number of carboxylic acids is 2. The van der Waals surface area contributed by atoms with Crippen LogP contribution in [0.2, 0.25) is 0 Å². The molecule has 1 saturated heterocycles. The maximum atomic E-state index is 12.8. The molecule has 40 heavy (non-hydrogen) atoms. The molecule has 2 aromatic rings. The van der Waals surface area contributed by atoms with Crippen molar-refractivity contribution in [2.75, 3.05) is 39.8 Å². The van der Waals surface area contributed by atoms with Crippen molar-refractivity contribution < 1.29 is 42.4 Å². The highest BCUT2D eigenvalue weighted by Gasteiger charge is 2.30. The highest BCUT2D eigenvalue weighted by atomic mass is 19.4. The Labute approximate surface area is 232 Å². The van der Waals surface area contributed by atoms with Gasteiger partial charge in [-0.1, -0.05) is 18.6 Å². The topological polar surface area (TPSA) is 108 Å². The maximum absolute atomic E-state index is 12.8. The van der Waals surface area contributed by atoms with Crippen LogP contribution in [0.15, 0.2) is 60.7 Å². The lowest BCUT2D eigenvalue weighted by Crippen LogP contribution is -2.31. The van der Waals surface area contributed by atoms with E-state index in [4.69, 9.17) is 19.7 Å². The Hall–Kier alpha value is -3.57. The molecule has 220 valence electrons. The van der Waals surface area contributed by atoms with Crippen LogP contribution in [-0.4, -0.2) is 66.9 Å². The number of benzene rings is 2. The minimum absolute atomic E-state index is 0.271. The number of hydrogen-bond donors (Lipinski definition) is 3. The zero-order valence-electron chi connectivity index (χ0n) is 22.5. The van der Waals surface area contributed by atoms with E-state index >= 15 is 0 Å². The van der Waals surface area contributed by atoms with Gasteiger partial charge in [-0.25, -0.2) is 9.59 Å². The SMILES string of the molecule is CNCCC(Oc1ccc(C(F)(F)F)cc1)c1ccc(OCCCN2CCCCC2)cc1.O=C(O)/C=C\C(=O)O. The van der Waals surface area contributed by atoms with Crippen molar-refractivity contribution in [3.8, 4) is 11.5 Å². The highest BCUT2D eigenvalue weighted by molar-refractivity contribution is 5.89. The molecule has 2 aromatic carbocycles. The van der Waals surface area contributed by atoms with Crippen LogP contribution in [0.4, 0.5) is 13.2 Å². The fourth-order valence-corrected chi connectivity index (χ4v) is 4.04. The predicted octanol–water partition coefficient (Wildman–Crippen LogP) is 5.40. The smallest absolute Gasteiger partial charge is 0.416 e. The lowest BCUT2D eigenvalue weighted by molar-refractivity contribution is -0.137. The van der Waals surface area contributed by atoms with Crippen molar-refractivity contribution in [2.24, 2.45) is 0 Å². The first-order valence-corrected chi connectivity index (χ1v) is 13.2. The molecule has 0 spiro atoms. The number of aliphatic carboxylic acids is 2. The fraction of sp³-hybridized carbons (Fsp3) is 0.448. The van der Waals surface area contributed by atoms with Crippen LogP contribution < -0.4 is 14.8 Å². The average molecular weight is 567 g/mol. The number of piperidine rings is 1. The molecule has 1 heterocycles. The third kappa shape index (κ3) is 13.0. The third-order valence-electron chi connectivity index (χ3n) is 6.07. The maximum Gasteiger partial charge on any atom is 0.416 e. The summed E-state index contributed by atoms with van der Waals surface area (Å²) in [5.41, 5.74) is 0.277. The number of nitrogens with zero attached hydrogens (tertiary/aromatic N) is 1. The lowest BCUT2D eigenvalue weighted by Gasteiger charge is -2.26. The Balaban J connectivity index is 0.000000611. The van der Waals surface area contributed by atoms with Gasteiger partial charge in [0, 0.05) is 25.1 Å². The largest absolute Gasteiger partial charge is 0.494 e. The first-order valence-electron chi connectivity index (χ1n) is 13.2. The number of ether oxygens (including phenoxy) is 2. The second kappa shape index (κ2) is 17.2. The van der Waals surface area contributed by atoms with E-state index in [0.29, 0.717) is 30.9 Å². The van der Waals surface area contributed by atoms with E-state index in [0.717, 1.165) is 43.0 Å². The van der Waals surface area contributed by atoms with E-state index in [1.165, 1.54) is 44.5 Å². The number of hydrogen-bond acceptors (Lipinski definition) is 6. The predicted molar refractivity (Wildman–Crippen MR) is 145 cm³/mol. The Morgan fingerprint density at radius 1 is 0.950 bits per heavy atom. The summed E-state index contributed by atoms with van der Waals surface area (Å²) >= 11 is 0. The van der Waals surface area contributed by atoms with Crippen molar-refractivity contribution in [1.29, 1.82) is 0 Å². The molecule has 3 rings (SSSR count). The monoisotopic (exact) mass is 566 g/mol. The summed E-state index contributed by atoms with van der Waals surface area (Å²) in [5.74, 6) is -1.29. The third-order valence-corrected chi connectivity index (χ3v) is 6.07. The van der Waals surface area contributed by atoms with Crippen LogP contribution in [0.25, 0.3) is 0 Å². The molecule has 11 heteroatoms. The number of halogens is 3. The van der Waals surface area contributed by atoms with Crippen LogP contribution in [0.5, 0.6) is 11.5 Å². The van der Waals surface area contributed by atoms with Gasteiger partial charge in [0.1, 0.15) is 17.6 Å². The summed E-state index contributed by atoms with van der Waals surface area (Å²) < 4.78 is 50.3. The summed E-state index contributed by atoms with van der Waals surface area (Å²) in [5, 5.41) is 18.7. The molecule has 1 fully saturated rings. The number of nitrogens with one attached hydrogen (secondary N) is 1. The van der Waals surface area contributed by atoms with Crippen LogP contribution in [-0.2, 0) is 15.8 Å². The van der Waals surface area contributed by atoms with Crippen LogP contribution in [0, 0.1) is 0 Å². The standard InChI is InChI=1S/C25H33F3N2O2.C4H4O4/c1-29-15-14-24(32-23-12-8-21(9-13-23)25(26,27)28)20-6-10-22(11-7-20)31-19-5-18-30-16-3-2-4-17-30;5-3(6)1-2-4(7)8/h6-13,24,29H,2-5,14-19H2,1H3;1-2H,(H,5,6)(H,7,8)/b;2-1-. The van der Waals surface area contributed by atoms with E-state index in [1.54, 1.807) is 0 Å². The Morgan fingerprint density at radius 2 is 1.52 bits per heavy atom. The average Bonchev–Trinajstić information content (AvgIpc) is 2.93. The number of carbonyl (C=O) groups is 2. The van der Waals surface area contributed by atoms with Gasteiger partial charge in [0.15, 0.2) is 0 Å². The molecule has 0 bridgehead atoms. The van der Waals surface area contributed by atoms with Crippen molar-refractivity contribution in [2.45, 2.75) is 44.4 Å². The molecule has 0 saturated carbocycles. The lowest BCUT2D eigenvalue weighted by atomic mass is 10.1. The van der Waals surface area contributed by atoms with Gasteiger partial charge < -0.3 is 29.9 Å². The Kier molecular flexibility index (Phi) is 14.0. The van der Waals surface area contributed by atoms with Gasteiger partial charge >= 0.3 is 18.1 Å². The van der Waals surface area contributed by atoms with Gasteiger partial charge in [0.25, 0.3) is 0 Å². The summed E-state index contributed by atoms with van der Waals surface area (Å²) in [6, 6.07) is 12.6. The number of alkyl halides is 3. The van der Waals surface area contributed by atoms with Gasteiger partial charge in [0.05, 0.1) is 12.2 Å². The van der Waals surface area contributed by atoms with Crippen LogP contribution in [0.3, 0.4) is 0 Å². The first kappa shape index (κ1) is 32.6. The van der Waals surface area contributed by atoms with E-state index in [9.17, 15) is 22.8 Å².